The van der Waals surface area contributed by atoms with E-state index in [1.54, 1.807) is 13.8 Å². The van der Waals surface area contributed by atoms with Gasteiger partial charge in [-0.3, -0.25) is 0 Å². The van der Waals surface area contributed by atoms with Gasteiger partial charge in [0.15, 0.2) is 0 Å². The van der Waals surface area contributed by atoms with Crippen LogP contribution >= 0.6 is 23.5 Å². The fourth-order valence-electron chi connectivity index (χ4n) is 0.938. The van der Waals surface area contributed by atoms with E-state index < -0.39 is 18.0 Å². The van der Waals surface area contributed by atoms with E-state index in [1.807, 2.05) is 12.5 Å². The molecule has 0 saturated carbocycles. The van der Waals surface area contributed by atoms with Crippen LogP contribution in [-0.2, 0) is 19.1 Å². The molecule has 17 heavy (non-hydrogen) atoms. The fourth-order valence-corrected chi connectivity index (χ4v) is 2.03. The number of ether oxygens (including phenoxy) is 2. The summed E-state index contributed by atoms with van der Waals surface area (Å²) < 4.78 is 10.2. The number of thioether (sulfide) groups is 2. The van der Waals surface area contributed by atoms with Gasteiger partial charge >= 0.3 is 11.9 Å². The maximum atomic E-state index is 11.6. The van der Waals surface area contributed by atoms with Crippen LogP contribution in [0.3, 0.4) is 0 Å². The molecule has 0 aliphatic rings. The van der Waals surface area contributed by atoms with Gasteiger partial charge in [0.25, 0.3) is 0 Å². The van der Waals surface area contributed by atoms with E-state index in [1.165, 1.54) is 23.5 Å². The average molecular weight is 279 g/mol. The average Bonchev–Trinajstić information content (AvgIpc) is 2.31. The van der Waals surface area contributed by atoms with Gasteiger partial charge < -0.3 is 9.47 Å². The molecule has 0 aromatic heterocycles. The number of hydrogen-bond acceptors (Lipinski definition) is 7. The standard InChI is InChI=1S/C10H17NO4S2/c1-5-14-8(12)7(9(13)15-6-2)11-10(16-3)17-4/h7H,5-6H2,1-4H3. The lowest BCUT2D eigenvalue weighted by Crippen LogP contribution is -2.32. The highest BCUT2D eigenvalue weighted by atomic mass is 32.2. The van der Waals surface area contributed by atoms with Crippen LogP contribution in [0.2, 0.25) is 0 Å². The zero-order valence-electron chi connectivity index (χ0n) is 10.4. The Labute approximate surface area is 110 Å². The van der Waals surface area contributed by atoms with Gasteiger partial charge in [0, 0.05) is 0 Å². The molecule has 0 atom stereocenters. The first-order chi connectivity index (χ1) is 8.10. The highest BCUT2D eigenvalue weighted by Gasteiger charge is 2.29. The highest BCUT2D eigenvalue weighted by Crippen LogP contribution is 2.13. The van der Waals surface area contributed by atoms with Crippen molar-refractivity contribution in [2.24, 2.45) is 4.99 Å². The van der Waals surface area contributed by atoms with E-state index in [0.717, 1.165) is 0 Å². The number of aliphatic imine (C=N–C) groups is 1. The van der Waals surface area contributed by atoms with Crippen LogP contribution in [-0.4, -0.2) is 48.1 Å². The summed E-state index contributed by atoms with van der Waals surface area (Å²) in [5.74, 6) is -1.35. The Morgan fingerprint density at radius 1 is 1.06 bits per heavy atom. The maximum absolute atomic E-state index is 11.6. The lowest BCUT2D eigenvalue weighted by molar-refractivity contribution is -0.156. The first kappa shape index (κ1) is 16.3. The molecular formula is C10H17NO4S2. The van der Waals surface area contributed by atoms with Crippen molar-refractivity contribution in [3.05, 3.63) is 0 Å². The molecule has 0 aromatic rings. The van der Waals surface area contributed by atoms with Crippen molar-refractivity contribution in [3.63, 3.8) is 0 Å². The third-order valence-corrected chi connectivity index (χ3v) is 3.51. The Morgan fingerprint density at radius 2 is 1.47 bits per heavy atom. The Balaban J connectivity index is 4.90. The topological polar surface area (TPSA) is 65.0 Å². The molecule has 0 N–H and O–H groups in total. The fraction of sp³-hybridized carbons (Fsp3) is 0.700. The van der Waals surface area contributed by atoms with Gasteiger partial charge in [0.1, 0.15) is 4.38 Å². The van der Waals surface area contributed by atoms with Crippen molar-refractivity contribution in [2.45, 2.75) is 19.9 Å². The molecule has 0 amide bonds. The van der Waals surface area contributed by atoms with Gasteiger partial charge in [-0.25, -0.2) is 14.6 Å². The van der Waals surface area contributed by atoms with Crippen molar-refractivity contribution >= 4 is 39.8 Å². The quantitative estimate of drug-likeness (QED) is 0.329. The third-order valence-electron chi connectivity index (χ3n) is 1.60. The second-order valence-corrected chi connectivity index (χ2v) is 4.56. The molecule has 0 aliphatic heterocycles. The molecule has 0 saturated heterocycles. The molecule has 0 fully saturated rings. The summed E-state index contributed by atoms with van der Waals surface area (Å²) in [6, 6.07) is -1.22. The number of esters is 2. The van der Waals surface area contributed by atoms with Gasteiger partial charge in [-0.15, -0.1) is 23.5 Å². The molecule has 0 aliphatic carbocycles. The number of carbonyl (C=O) groups is 2. The lowest BCUT2D eigenvalue weighted by Gasteiger charge is -2.11. The van der Waals surface area contributed by atoms with Crippen LogP contribution in [0, 0.1) is 0 Å². The minimum atomic E-state index is -1.22. The number of nitrogens with zero attached hydrogens (tertiary/aromatic N) is 1. The summed E-state index contributed by atoms with van der Waals surface area (Å²) in [5.41, 5.74) is 0. The molecule has 0 unspecified atom stereocenters. The monoisotopic (exact) mass is 279 g/mol. The molecule has 0 spiro atoms. The van der Waals surface area contributed by atoms with E-state index >= 15 is 0 Å². The van der Waals surface area contributed by atoms with Crippen molar-refractivity contribution in [1.82, 2.24) is 0 Å². The minimum absolute atomic E-state index is 0.206. The Morgan fingerprint density at radius 3 is 1.76 bits per heavy atom. The van der Waals surface area contributed by atoms with Gasteiger partial charge in [0.2, 0.25) is 6.04 Å². The van der Waals surface area contributed by atoms with Gasteiger partial charge in [-0.2, -0.15) is 0 Å². The zero-order valence-corrected chi connectivity index (χ0v) is 12.0. The predicted octanol–water partition coefficient (Wildman–Crippen LogP) is 1.56. The summed E-state index contributed by atoms with van der Waals surface area (Å²) in [7, 11) is 0. The summed E-state index contributed by atoms with van der Waals surface area (Å²) in [6.45, 7) is 3.76. The SMILES string of the molecule is CCOC(=O)C(N=C(SC)SC)C(=O)OCC. The van der Waals surface area contributed by atoms with E-state index in [2.05, 4.69) is 4.99 Å². The number of carbonyl (C=O) groups excluding carboxylic acids is 2. The Hall–Kier alpha value is -0.690. The number of rotatable bonds is 5. The van der Waals surface area contributed by atoms with Crippen molar-refractivity contribution in [1.29, 1.82) is 0 Å². The summed E-state index contributed by atoms with van der Waals surface area (Å²) >= 11 is 2.73. The van der Waals surface area contributed by atoms with Gasteiger partial charge in [-0.05, 0) is 26.4 Å². The summed E-state index contributed by atoms with van der Waals surface area (Å²) in [6.07, 6.45) is 3.64. The molecule has 0 rings (SSSR count). The van der Waals surface area contributed by atoms with Crippen molar-refractivity contribution in [3.8, 4) is 0 Å². The smallest absolute Gasteiger partial charge is 0.342 e. The molecular weight excluding hydrogens is 262 g/mol. The number of hydrogen-bond donors (Lipinski definition) is 0. The second-order valence-electron chi connectivity index (χ2n) is 2.71. The second kappa shape index (κ2) is 9.35. The first-order valence-corrected chi connectivity index (χ1v) is 7.54. The van der Waals surface area contributed by atoms with E-state index in [9.17, 15) is 9.59 Å². The van der Waals surface area contributed by atoms with E-state index in [0.29, 0.717) is 4.38 Å². The van der Waals surface area contributed by atoms with Crippen LogP contribution in [0.25, 0.3) is 0 Å². The zero-order chi connectivity index (χ0) is 13.3. The minimum Gasteiger partial charge on any atom is -0.464 e. The van der Waals surface area contributed by atoms with Gasteiger partial charge in [-0.1, -0.05) is 0 Å². The molecule has 0 aromatic carbocycles. The molecule has 0 bridgehead atoms. The predicted molar refractivity (Wildman–Crippen MR) is 71.5 cm³/mol. The lowest BCUT2D eigenvalue weighted by atomic mass is 10.3. The van der Waals surface area contributed by atoms with Crippen LogP contribution in [0.4, 0.5) is 0 Å². The van der Waals surface area contributed by atoms with Crippen LogP contribution < -0.4 is 0 Å². The molecule has 0 radical (unpaired) electrons. The van der Waals surface area contributed by atoms with E-state index in [4.69, 9.17) is 9.47 Å². The molecule has 0 heterocycles. The van der Waals surface area contributed by atoms with Crippen LogP contribution in [0.15, 0.2) is 4.99 Å². The normalized spacial score (nSPS) is 9.94. The summed E-state index contributed by atoms with van der Waals surface area (Å²) in [5, 5.41) is 0. The van der Waals surface area contributed by atoms with E-state index in [-0.39, 0.29) is 13.2 Å². The van der Waals surface area contributed by atoms with Crippen molar-refractivity contribution < 1.29 is 19.1 Å². The third kappa shape index (κ3) is 5.97. The van der Waals surface area contributed by atoms with Crippen LogP contribution in [0.1, 0.15) is 13.8 Å². The summed E-state index contributed by atoms with van der Waals surface area (Å²) in [4.78, 5) is 27.2. The Kier molecular flexibility index (Phi) is 8.97. The first-order valence-electron chi connectivity index (χ1n) is 5.09. The molecule has 5 nitrogen and oxygen atoms in total. The maximum Gasteiger partial charge on any atom is 0.342 e. The van der Waals surface area contributed by atoms with Crippen molar-refractivity contribution in [2.75, 3.05) is 25.7 Å². The largest absolute Gasteiger partial charge is 0.464 e. The Bertz CT molecular complexity index is 270. The molecule has 7 heteroatoms. The molecule has 98 valence electrons. The highest BCUT2D eigenvalue weighted by molar-refractivity contribution is 8.38. The van der Waals surface area contributed by atoms with Gasteiger partial charge in [0.05, 0.1) is 13.2 Å². The van der Waals surface area contributed by atoms with Crippen LogP contribution in [0.5, 0.6) is 0 Å².